The van der Waals surface area contributed by atoms with Gasteiger partial charge in [0.25, 0.3) is 5.91 Å². The number of halogens is 1. The van der Waals surface area contributed by atoms with Crippen LogP contribution in [-0.4, -0.2) is 40.1 Å². The molecule has 1 aromatic carbocycles. The minimum absolute atomic E-state index is 0. The number of hydrogen-bond donors (Lipinski definition) is 4. The molecule has 6 N–H and O–H groups in total. The summed E-state index contributed by atoms with van der Waals surface area (Å²) < 4.78 is 1.50. The number of carbonyl (C=O) groups excluding carboxylic acids is 3. The average molecular weight is 395 g/mol. The Bertz CT molecular complexity index is 803. The normalized spacial score (nSPS) is 11.4. The fraction of sp³-hybridized carbons (Fsp3) is 0.294. The zero-order chi connectivity index (χ0) is 19.3. The lowest BCUT2D eigenvalue weighted by Gasteiger charge is -2.15. The number of nitrogens with one attached hydrogen (secondary N) is 2. The lowest BCUT2D eigenvalue weighted by atomic mass is 10.1. The fourth-order valence-corrected chi connectivity index (χ4v) is 2.09. The highest BCUT2D eigenvalue weighted by Gasteiger charge is 2.17. The molecule has 2 rings (SSSR count). The summed E-state index contributed by atoms with van der Waals surface area (Å²) in [4.78, 5) is 34.7. The van der Waals surface area contributed by atoms with Crippen molar-refractivity contribution in [1.29, 1.82) is 0 Å². The maximum Gasteiger partial charge on any atom is 0.269 e. The third-order valence-corrected chi connectivity index (χ3v) is 3.70. The second-order valence-electron chi connectivity index (χ2n) is 6.09. The molecule has 0 radical (unpaired) electrons. The zero-order valence-electron chi connectivity index (χ0n) is 15.0. The smallest absolute Gasteiger partial charge is 0.269 e. The van der Waals surface area contributed by atoms with Gasteiger partial charge in [0.2, 0.25) is 11.8 Å². The molecule has 1 atom stereocenters. The van der Waals surface area contributed by atoms with Crippen LogP contribution in [0, 0.1) is 5.92 Å². The Labute approximate surface area is 162 Å². The zero-order valence-corrected chi connectivity index (χ0v) is 15.8. The molecular weight excluding hydrogens is 372 g/mol. The van der Waals surface area contributed by atoms with E-state index in [1.807, 2.05) is 13.8 Å². The molecule has 3 amide bonds. The number of benzene rings is 1. The average Bonchev–Trinajstić information content (AvgIpc) is 3.10. The number of hydrogen-bond acceptors (Lipinski definition) is 5. The Balaban J connectivity index is 0.00000364. The van der Waals surface area contributed by atoms with E-state index in [1.165, 1.54) is 10.7 Å². The summed E-state index contributed by atoms with van der Waals surface area (Å²) in [5.74, 6) is -1.35. The van der Waals surface area contributed by atoms with E-state index < -0.39 is 11.9 Å². The van der Waals surface area contributed by atoms with Crippen molar-refractivity contribution in [2.45, 2.75) is 19.9 Å². The Morgan fingerprint density at radius 1 is 1.15 bits per heavy atom. The molecule has 0 unspecified atom stereocenters. The van der Waals surface area contributed by atoms with Crippen LogP contribution in [0.15, 0.2) is 36.5 Å². The van der Waals surface area contributed by atoms with E-state index in [0.29, 0.717) is 11.4 Å². The molecule has 0 saturated heterocycles. The SMILES string of the molecule is CC(C)[C@H](N)C(=O)NCC(=O)Nc1ccc(-n2ccc(C(N)=O)n2)cc1.Cl. The number of primary amides is 1. The second kappa shape index (κ2) is 9.70. The van der Waals surface area contributed by atoms with Gasteiger partial charge in [0.1, 0.15) is 5.69 Å². The molecule has 1 aromatic heterocycles. The van der Waals surface area contributed by atoms with Gasteiger partial charge < -0.3 is 22.1 Å². The Morgan fingerprint density at radius 3 is 2.30 bits per heavy atom. The minimum Gasteiger partial charge on any atom is -0.364 e. The first-order valence-corrected chi connectivity index (χ1v) is 8.07. The number of aromatic nitrogens is 2. The lowest BCUT2D eigenvalue weighted by molar-refractivity contribution is -0.125. The molecule has 0 spiro atoms. The molecule has 0 aliphatic rings. The molecule has 0 bridgehead atoms. The summed E-state index contributed by atoms with van der Waals surface area (Å²) in [7, 11) is 0. The molecule has 146 valence electrons. The molecule has 9 nitrogen and oxygen atoms in total. The molecule has 10 heteroatoms. The number of nitrogens with two attached hydrogens (primary N) is 2. The lowest BCUT2D eigenvalue weighted by Crippen LogP contribution is -2.46. The van der Waals surface area contributed by atoms with Gasteiger partial charge in [0, 0.05) is 11.9 Å². The van der Waals surface area contributed by atoms with Crippen molar-refractivity contribution < 1.29 is 14.4 Å². The monoisotopic (exact) mass is 394 g/mol. The first-order chi connectivity index (χ1) is 12.3. The van der Waals surface area contributed by atoms with Gasteiger partial charge in [0.15, 0.2) is 0 Å². The van der Waals surface area contributed by atoms with Crippen LogP contribution in [-0.2, 0) is 9.59 Å². The predicted molar refractivity (Wildman–Crippen MR) is 104 cm³/mol. The summed E-state index contributed by atoms with van der Waals surface area (Å²) in [6.07, 6.45) is 1.61. The molecule has 0 aliphatic carbocycles. The van der Waals surface area contributed by atoms with Gasteiger partial charge in [-0.25, -0.2) is 4.68 Å². The van der Waals surface area contributed by atoms with Gasteiger partial charge in [-0.05, 0) is 36.2 Å². The quantitative estimate of drug-likeness (QED) is 0.538. The van der Waals surface area contributed by atoms with Gasteiger partial charge in [-0.1, -0.05) is 13.8 Å². The highest BCUT2D eigenvalue weighted by Crippen LogP contribution is 2.13. The summed E-state index contributed by atoms with van der Waals surface area (Å²) in [5.41, 5.74) is 12.3. The molecule has 1 heterocycles. The van der Waals surface area contributed by atoms with Gasteiger partial charge in [-0.3, -0.25) is 14.4 Å². The Hall–Kier alpha value is -2.91. The summed E-state index contributed by atoms with van der Waals surface area (Å²) in [6, 6.07) is 7.67. The first kappa shape index (κ1) is 22.1. The maximum atomic E-state index is 11.9. The Kier molecular flexibility index (Phi) is 7.95. The molecule has 0 fully saturated rings. The van der Waals surface area contributed by atoms with Gasteiger partial charge in [0.05, 0.1) is 18.3 Å². The number of nitrogens with zero attached hydrogens (tertiary/aromatic N) is 2. The van der Waals surface area contributed by atoms with Crippen LogP contribution in [0.5, 0.6) is 0 Å². The van der Waals surface area contributed by atoms with Crippen LogP contribution < -0.4 is 22.1 Å². The Morgan fingerprint density at radius 2 is 1.78 bits per heavy atom. The highest BCUT2D eigenvalue weighted by molar-refractivity contribution is 5.95. The van der Waals surface area contributed by atoms with Crippen LogP contribution in [0.2, 0.25) is 0 Å². The van der Waals surface area contributed by atoms with Crippen molar-refractivity contribution in [1.82, 2.24) is 15.1 Å². The third-order valence-electron chi connectivity index (χ3n) is 3.70. The van der Waals surface area contributed by atoms with Crippen LogP contribution in [0.3, 0.4) is 0 Å². The molecular formula is C17H23ClN6O3. The number of anilines is 1. The van der Waals surface area contributed by atoms with Gasteiger partial charge >= 0.3 is 0 Å². The van der Waals surface area contributed by atoms with E-state index in [1.54, 1.807) is 30.5 Å². The number of rotatable bonds is 7. The van der Waals surface area contributed by atoms with E-state index in [-0.39, 0.29) is 42.4 Å². The van der Waals surface area contributed by atoms with Crippen LogP contribution >= 0.6 is 12.4 Å². The fourth-order valence-electron chi connectivity index (χ4n) is 2.09. The summed E-state index contributed by atoms with van der Waals surface area (Å²) >= 11 is 0. The molecule has 27 heavy (non-hydrogen) atoms. The topological polar surface area (TPSA) is 145 Å². The van der Waals surface area contributed by atoms with E-state index in [4.69, 9.17) is 11.5 Å². The highest BCUT2D eigenvalue weighted by atomic mass is 35.5. The van der Waals surface area contributed by atoms with Crippen LogP contribution in [0.1, 0.15) is 24.3 Å². The molecule has 2 aromatic rings. The number of amides is 3. The summed E-state index contributed by atoms with van der Waals surface area (Å²) in [5, 5.41) is 9.22. The van der Waals surface area contributed by atoms with E-state index in [0.717, 1.165) is 0 Å². The molecule has 0 saturated carbocycles. The largest absolute Gasteiger partial charge is 0.364 e. The van der Waals surface area contributed by atoms with Crippen LogP contribution in [0.25, 0.3) is 5.69 Å². The standard InChI is InChI=1S/C17H22N6O3.ClH/c1-10(2)15(18)17(26)20-9-14(24)21-11-3-5-12(6-4-11)23-8-7-13(22-23)16(19)25;/h3-8,10,15H,9,18H2,1-2H3,(H2,19,25)(H,20,26)(H,21,24);1H/t15-;/m0./s1. The van der Waals surface area contributed by atoms with Crippen molar-refractivity contribution in [2.75, 3.05) is 11.9 Å². The van der Waals surface area contributed by atoms with Crippen molar-refractivity contribution >= 4 is 35.8 Å². The van der Waals surface area contributed by atoms with E-state index >= 15 is 0 Å². The third kappa shape index (κ3) is 6.08. The van der Waals surface area contributed by atoms with Crippen LogP contribution in [0.4, 0.5) is 5.69 Å². The minimum atomic E-state index is -0.651. The van der Waals surface area contributed by atoms with Gasteiger partial charge in [-0.15, -0.1) is 12.4 Å². The van der Waals surface area contributed by atoms with E-state index in [2.05, 4.69) is 15.7 Å². The van der Waals surface area contributed by atoms with Crippen molar-refractivity contribution in [3.8, 4) is 5.69 Å². The summed E-state index contributed by atoms with van der Waals surface area (Å²) in [6.45, 7) is 3.50. The first-order valence-electron chi connectivity index (χ1n) is 8.07. The second-order valence-corrected chi connectivity index (χ2v) is 6.09. The van der Waals surface area contributed by atoms with E-state index in [9.17, 15) is 14.4 Å². The van der Waals surface area contributed by atoms with Crippen molar-refractivity contribution in [2.24, 2.45) is 17.4 Å². The maximum absolute atomic E-state index is 11.9. The van der Waals surface area contributed by atoms with Crippen molar-refractivity contribution in [3.05, 3.63) is 42.2 Å². The molecule has 0 aliphatic heterocycles. The van der Waals surface area contributed by atoms with Crippen molar-refractivity contribution in [3.63, 3.8) is 0 Å². The van der Waals surface area contributed by atoms with Gasteiger partial charge in [-0.2, -0.15) is 5.10 Å². The number of carbonyl (C=O) groups is 3. The predicted octanol–water partition coefficient (Wildman–Crippen LogP) is 0.431.